The van der Waals surface area contributed by atoms with Crippen LogP contribution in [0.2, 0.25) is 0 Å². The topological polar surface area (TPSA) is 68.4 Å². The minimum absolute atomic E-state index is 0.201. The molecule has 0 unspecified atom stereocenters. The average molecular weight is 282 g/mol. The van der Waals surface area contributed by atoms with Gasteiger partial charge in [-0.2, -0.15) is 4.98 Å². The predicted molar refractivity (Wildman–Crippen MR) is 77.2 cm³/mol. The summed E-state index contributed by atoms with van der Waals surface area (Å²) in [6.45, 7) is 0. The number of aromatic nitrogens is 2. The normalized spacial score (nSPS) is 10.5. The smallest absolute Gasteiger partial charge is 0.257 e. The van der Waals surface area contributed by atoms with E-state index in [0.717, 1.165) is 16.9 Å². The number of methoxy groups -OCH3 is 1. The van der Waals surface area contributed by atoms with Crippen LogP contribution in [0.5, 0.6) is 11.5 Å². The summed E-state index contributed by atoms with van der Waals surface area (Å²) in [5, 5.41) is 13.3. The van der Waals surface area contributed by atoms with E-state index in [0.29, 0.717) is 18.1 Å². The molecule has 5 nitrogen and oxygen atoms in total. The zero-order chi connectivity index (χ0) is 14.7. The van der Waals surface area contributed by atoms with Crippen molar-refractivity contribution in [3.63, 3.8) is 0 Å². The summed E-state index contributed by atoms with van der Waals surface area (Å²) in [6, 6.07) is 14.4. The molecule has 0 aliphatic rings. The van der Waals surface area contributed by atoms with Gasteiger partial charge in [0.25, 0.3) is 5.89 Å². The summed E-state index contributed by atoms with van der Waals surface area (Å²) in [7, 11) is 1.64. The Morgan fingerprint density at radius 2 is 1.86 bits per heavy atom. The maximum absolute atomic E-state index is 9.28. The summed E-state index contributed by atoms with van der Waals surface area (Å²) < 4.78 is 10.6. The number of phenols is 1. The lowest BCUT2D eigenvalue weighted by Crippen LogP contribution is -1.95. The molecule has 106 valence electrons. The van der Waals surface area contributed by atoms with Gasteiger partial charge in [0.2, 0.25) is 0 Å². The average Bonchev–Trinajstić information content (AvgIpc) is 2.97. The second kappa shape index (κ2) is 5.66. The molecule has 0 bridgehead atoms. The van der Waals surface area contributed by atoms with Crippen molar-refractivity contribution >= 4 is 0 Å². The van der Waals surface area contributed by atoms with Crippen LogP contribution in [0.3, 0.4) is 0 Å². The van der Waals surface area contributed by atoms with Gasteiger partial charge in [-0.25, -0.2) is 0 Å². The quantitative estimate of drug-likeness (QED) is 0.796. The van der Waals surface area contributed by atoms with E-state index in [9.17, 15) is 5.11 Å². The van der Waals surface area contributed by atoms with Gasteiger partial charge in [0, 0.05) is 17.5 Å². The first-order valence-electron chi connectivity index (χ1n) is 6.50. The lowest BCUT2D eigenvalue weighted by molar-refractivity contribution is 0.408. The van der Waals surface area contributed by atoms with Crippen LogP contribution in [0.4, 0.5) is 0 Å². The summed E-state index contributed by atoms with van der Waals surface area (Å²) in [4.78, 5) is 4.37. The van der Waals surface area contributed by atoms with Gasteiger partial charge in [-0.15, -0.1) is 0 Å². The van der Waals surface area contributed by atoms with E-state index in [2.05, 4.69) is 10.1 Å². The molecular weight excluding hydrogens is 268 g/mol. The molecule has 21 heavy (non-hydrogen) atoms. The first kappa shape index (κ1) is 13.2. The number of benzene rings is 2. The zero-order valence-corrected chi connectivity index (χ0v) is 11.5. The highest BCUT2D eigenvalue weighted by Crippen LogP contribution is 2.23. The van der Waals surface area contributed by atoms with Crippen molar-refractivity contribution in [2.45, 2.75) is 6.42 Å². The van der Waals surface area contributed by atoms with Crippen molar-refractivity contribution in [1.82, 2.24) is 10.1 Å². The van der Waals surface area contributed by atoms with Crippen molar-refractivity contribution in [2.24, 2.45) is 0 Å². The molecule has 5 heteroatoms. The van der Waals surface area contributed by atoms with Gasteiger partial charge in [0.05, 0.1) is 7.11 Å². The number of para-hydroxylation sites is 1. The van der Waals surface area contributed by atoms with Gasteiger partial charge < -0.3 is 14.4 Å². The number of nitrogens with zero attached hydrogens (tertiary/aromatic N) is 2. The molecule has 3 aromatic rings. The number of phenolic OH excluding ortho intramolecular Hbond substituents is 1. The molecule has 3 rings (SSSR count). The first-order chi connectivity index (χ1) is 10.3. The van der Waals surface area contributed by atoms with Crippen LogP contribution in [0.1, 0.15) is 11.4 Å². The highest BCUT2D eigenvalue weighted by Gasteiger charge is 2.11. The molecule has 0 aliphatic heterocycles. The van der Waals surface area contributed by atoms with E-state index in [1.165, 1.54) is 0 Å². The highest BCUT2D eigenvalue weighted by molar-refractivity contribution is 5.54. The second-order valence-electron chi connectivity index (χ2n) is 4.55. The molecule has 1 aromatic heterocycles. The fraction of sp³-hybridized carbons (Fsp3) is 0.125. The van der Waals surface area contributed by atoms with Crippen LogP contribution in [0, 0.1) is 0 Å². The number of aromatic hydroxyl groups is 1. The van der Waals surface area contributed by atoms with Gasteiger partial charge in [-0.1, -0.05) is 23.4 Å². The molecule has 1 heterocycles. The molecule has 0 saturated heterocycles. The van der Waals surface area contributed by atoms with Crippen molar-refractivity contribution in [1.29, 1.82) is 0 Å². The number of hydrogen-bond donors (Lipinski definition) is 1. The molecule has 0 amide bonds. The standard InChI is InChI=1S/C16H14N2O3/c1-20-14-5-3-2-4-12(14)10-15-17-16(21-18-15)11-6-8-13(19)9-7-11/h2-9,19H,10H2,1H3. The van der Waals surface area contributed by atoms with Crippen molar-refractivity contribution in [3.05, 3.63) is 59.9 Å². The molecule has 1 N–H and O–H groups in total. The Balaban J connectivity index is 1.83. The van der Waals surface area contributed by atoms with E-state index in [-0.39, 0.29) is 5.75 Å². The van der Waals surface area contributed by atoms with E-state index < -0.39 is 0 Å². The summed E-state index contributed by atoms with van der Waals surface area (Å²) in [5.74, 6) is 2.02. The molecule has 0 aliphatic carbocycles. The molecule has 0 atom stereocenters. The lowest BCUT2D eigenvalue weighted by atomic mass is 10.1. The second-order valence-corrected chi connectivity index (χ2v) is 4.55. The van der Waals surface area contributed by atoms with Crippen molar-refractivity contribution in [2.75, 3.05) is 7.11 Å². The maximum atomic E-state index is 9.28. The highest BCUT2D eigenvalue weighted by atomic mass is 16.5. The zero-order valence-electron chi connectivity index (χ0n) is 11.5. The van der Waals surface area contributed by atoms with Crippen LogP contribution < -0.4 is 4.74 Å². The Kier molecular flexibility index (Phi) is 3.55. The SMILES string of the molecule is COc1ccccc1Cc1noc(-c2ccc(O)cc2)n1. The monoisotopic (exact) mass is 282 g/mol. The predicted octanol–water partition coefficient (Wildman–Crippen LogP) is 3.04. The summed E-state index contributed by atoms with van der Waals surface area (Å²) in [5.41, 5.74) is 1.77. The van der Waals surface area contributed by atoms with E-state index in [1.807, 2.05) is 24.3 Å². The Bertz CT molecular complexity index is 735. The molecule has 0 fully saturated rings. The van der Waals surface area contributed by atoms with E-state index in [1.54, 1.807) is 31.4 Å². The fourth-order valence-corrected chi connectivity index (χ4v) is 2.07. The van der Waals surface area contributed by atoms with Crippen LogP contribution in [0.25, 0.3) is 11.5 Å². The Hall–Kier alpha value is -2.82. The third kappa shape index (κ3) is 2.86. The Labute approximate surface area is 121 Å². The summed E-state index contributed by atoms with van der Waals surface area (Å²) >= 11 is 0. The van der Waals surface area contributed by atoms with Crippen LogP contribution in [0.15, 0.2) is 53.1 Å². The molecule has 2 aromatic carbocycles. The van der Waals surface area contributed by atoms with Gasteiger partial charge in [0.15, 0.2) is 5.82 Å². The number of rotatable bonds is 4. The maximum Gasteiger partial charge on any atom is 0.257 e. The molecule has 0 radical (unpaired) electrons. The number of hydrogen-bond acceptors (Lipinski definition) is 5. The van der Waals surface area contributed by atoms with Gasteiger partial charge in [-0.3, -0.25) is 0 Å². The molecule has 0 saturated carbocycles. The van der Waals surface area contributed by atoms with Crippen molar-refractivity contribution in [3.8, 4) is 23.0 Å². The van der Waals surface area contributed by atoms with Crippen LogP contribution in [-0.4, -0.2) is 22.4 Å². The Morgan fingerprint density at radius 3 is 2.62 bits per heavy atom. The lowest BCUT2D eigenvalue weighted by Gasteiger charge is -2.05. The van der Waals surface area contributed by atoms with Gasteiger partial charge in [-0.05, 0) is 30.3 Å². The fourth-order valence-electron chi connectivity index (χ4n) is 2.07. The van der Waals surface area contributed by atoms with Crippen LogP contribution >= 0.6 is 0 Å². The molecular formula is C16H14N2O3. The van der Waals surface area contributed by atoms with E-state index >= 15 is 0 Å². The third-order valence-electron chi connectivity index (χ3n) is 3.12. The Morgan fingerprint density at radius 1 is 1.10 bits per heavy atom. The largest absolute Gasteiger partial charge is 0.508 e. The molecule has 0 spiro atoms. The number of ether oxygens (including phenoxy) is 1. The van der Waals surface area contributed by atoms with E-state index in [4.69, 9.17) is 9.26 Å². The van der Waals surface area contributed by atoms with Crippen LogP contribution in [-0.2, 0) is 6.42 Å². The van der Waals surface area contributed by atoms with Gasteiger partial charge >= 0.3 is 0 Å². The summed E-state index contributed by atoms with van der Waals surface area (Å²) in [6.07, 6.45) is 0.533. The van der Waals surface area contributed by atoms with Gasteiger partial charge in [0.1, 0.15) is 11.5 Å². The first-order valence-corrected chi connectivity index (χ1v) is 6.50. The van der Waals surface area contributed by atoms with Crippen molar-refractivity contribution < 1.29 is 14.4 Å². The third-order valence-corrected chi connectivity index (χ3v) is 3.12. The minimum Gasteiger partial charge on any atom is -0.508 e. The minimum atomic E-state index is 0.201.